The van der Waals surface area contributed by atoms with Gasteiger partial charge in [0, 0.05) is 38.2 Å². The van der Waals surface area contributed by atoms with Crippen molar-refractivity contribution in [2.45, 2.75) is 44.6 Å². The summed E-state index contributed by atoms with van der Waals surface area (Å²) in [5.74, 6) is 3.10. The van der Waals surface area contributed by atoms with E-state index in [4.69, 9.17) is 15.1 Å². The van der Waals surface area contributed by atoms with Crippen molar-refractivity contribution >= 4 is 23.7 Å². The van der Waals surface area contributed by atoms with Crippen molar-refractivity contribution < 1.29 is 4.74 Å². The molecule has 1 atom stereocenters. The maximum absolute atomic E-state index is 7.44. The van der Waals surface area contributed by atoms with Crippen LogP contribution in [-0.4, -0.2) is 42.0 Å². The highest BCUT2D eigenvalue weighted by molar-refractivity contribution is 5.78. The summed E-state index contributed by atoms with van der Waals surface area (Å²) in [6.45, 7) is 4.99. The maximum Gasteiger partial charge on any atom is 0.134 e. The molecular weight excluding hydrogens is 338 g/mol. The van der Waals surface area contributed by atoms with Crippen LogP contribution in [0.25, 0.3) is 0 Å². The zero-order valence-corrected chi connectivity index (χ0v) is 15.8. The molecule has 2 fully saturated rings. The lowest BCUT2D eigenvalue weighted by atomic mass is 9.92. The largest absolute Gasteiger partial charge is 0.381 e. The molecule has 1 unspecified atom stereocenters. The van der Waals surface area contributed by atoms with Crippen LogP contribution in [-0.2, 0) is 4.74 Å². The predicted octanol–water partition coefficient (Wildman–Crippen LogP) is 4.10. The average Bonchev–Trinajstić information content (AvgIpc) is 3.14. The van der Waals surface area contributed by atoms with Crippen molar-refractivity contribution in [3.05, 3.63) is 41.6 Å². The normalized spacial score (nSPS) is 20.6. The fourth-order valence-electron chi connectivity index (χ4n) is 4.02. The first-order valence-corrected chi connectivity index (χ1v) is 9.83. The third-order valence-corrected chi connectivity index (χ3v) is 5.58. The van der Waals surface area contributed by atoms with Gasteiger partial charge in [-0.25, -0.2) is 9.97 Å². The van der Waals surface area contributed by atoms with Crippen LogP contribution in [0.2, 0.25) is 0 Å². The van der Waals surface area contributed by atoms with Gasteiger partial charge in [0.15, 0.2) is 0 Å². The minimum atomic E-state index is 0.514. The van der Waals surface area contributed by atoms with Gasteiger partial charge in [0.05, 0.1) is 0 Å². The number of nitrogens with zero attached hydrogens (tertiary/aromatic N) is 3. The molecule has 2 N–H and O–H groups in total. The Morgan fingerprint density at radius 3 is 2.78 bits per heavy atom. The number of ether oxygens (including phenoxy) is 1. The third kappa shape index (κ3) is 4.11. The van der Waals surface area contributed by atoms with Crippen molar-refractivity contribution in [3.63, 3.8) is 0 Å². The van der Waals surface area contributed by atoms with E-state index < -0.39 is 0 Å². The number of pyridine rings is 2. The molecule has 2 aromatic rings. The molecule has 2 aliphatic rings. The molecule has 142 valence electrons. The van der Waals surface area contributed by atoms with Crippen LogP contribution in [0, 0.1) is 5.41 Å². The quantitative estimate of drug-likeness (QED) is 0.780. The molecule has 0 radical (unpaired) electrons. The topological polar surface area (TPSA) is 74.1 Å². The van der Waals surface area contributed by atoms with E-state index in [1.807, 2.05) is 12.1 Å². The summed E-state index contributed by atoms with van der Waals surface area (Å²) in [5.41, 5.74) is 2.15. The second-order valence-electron chi connectivity index (χ2n) is 7.46. The lowest BCUT2D eigenvalue weighted by Crippen LogP contribution is -2.27. The fourth-order valence-corrected chi connectivity index (χ4v) is 4.02. The van der Waals surface area contributed by atoms with Crippen LogP contribution in [0.3, 0.4) is 0 Å². The summed E-state index contributed by atoms with van der Waals surface area (Å²) in [6.07, 6.45) is 7.59. The zero-order valence-electron chi connectivity index (χ0n) is 15.8. The highest BCUT2D eigenvalue weighted by Crippen LogP contribution is 2.33. The molecule has 2 aliphatic heterocycles. The van der Waals surface area contributed by atoms with E-state index in [9.17, 15) is 0 Å². The Labute approximate surface area is 160 Å². The van der Waals surface area contributed by atoms with Gasteiger partial charge in [-0.15, -0.1) is 0 Å². The Morgan fingerprint density at radius 1 is 1.19 bits per heavy atom. The first-order valence-electron chi connectivity index (χ1n) is 9.83. The van der Waals surface area contributed by atoms with Crippen molar-refractivity contribution in [2.24, 2.45) is 0 Å². The highest BCUT2D eigenvalue weighted by Gasteiger charge is 2.24. The van der Waals surface area contributed by atoms with Gasteiger partial charge in [-0.1, -0.05) is 0 Å². The van der Waals surface area contributed by atoms with Gasteiger partial charge < -0.3 is 20.4 Å². The summed E-state index contributed by atoms with van der Waals surface area (Å²) in [6, 6.07) is 8.63. The standard InChI is InChI=1S/C21H27N5O/c1-15-3-2-8-26(15)21-13-18(17-5-9-27-10-6-17)12-20(25-21)24-19-11-16(14-22)4-7-23-19/h4,7,11-15,17,22H,2-3,5-6,8-10H2,1H3,(H,23,24,25). The van der Waals surface area contributed by atoms with Gasteiger partial charge >= 0.3 is 0 Å². The molecule has 0 aliphatic carbocycles. The lowest BCUT2D eigenvalue weighted by Gasteiger charge is -2.27. The molecule has 0 bridgehead atoms. The summed E-state index contributed by atoms with van der Waals surface area (Å²) in [4.78, 5) is 11.7. The minimum absolute atomic E-state index is 0.514. The molecule has 0 spiro atoms. The van der Waals surface area contributed by atoms with E-state index in [2.05, 4.69) is 34.3 Å². The van der Waals surface area contributed by atoms with Crippen LogP contribution in [0.5, 0.6) is 0 Å². The van der Waals surface area contributed by atoms with Gasteiger partial charge in [0.2, 0.25) is 0 Å². The smallest absolute Gasteiger partial charge is 0.134 e. The highest BCUT2D eigenvalue weighted by atomic mass is 16.5. The SMILES string of the molecule is CC1CCCN1c1cc(C2CCOCC2)cc(Nc2cc(C=N)ccn2)n1. The third-order valence-electron chi connectivity index (χ3n) is 5.58. The van der Waals surface area contributed by atoms with E-state index in [-0.39, 0.29) is 0 Å². The Morgan fingerprint density at radius 2 is 2.04 bits per heavy atom. The van der Waals surface area contributed by atoms with Gasteiger partial charge in [-0.05, 0) is 73.9 Å². The van der Waals surface area contributed by atoms with Crippen LogP contribution >= 0.6 is 0 Å². The average molecular weight is 365 g/mol. The fraction of sp³-hybridized carbons (Fsp3) is 0.476. The number of hydrogen-bond donors (Lipinski definition) is 2. The van der Waals surface area contributed by atoms with E-state index in [1.165, 1.54) is 24.6 Å². The van der Waals surface area contributed by atoms with Crippen molar-refractivity contribution in [3.8, 4) is 0 Å². The molecule has 6 heteroatoms. The molecule has 4 heterocycles. The van der Waals surface area contributed by atoms with Crippen molar-refractivity contribution in [2.75, 3.05) is 30.0 Å². The number of nitrogens with one attached hydrogen (secondary N) is 2. The van der Waals surface area contributed by atoms with Gasteiger partial charge in [0.1, 0.15) is 17.5 Å². The van der Waals surface area contributed by atoms with E-state index in [1.54, 1.807) is 6.20 Å². The van der Waals surface area contributed by atoms with Crippen molar-refractivity contribution in [1.29, 1.82) is 5.41 Å². The van der Waals surface area contributed by atoms with E-state index >= 15 is 0 Å². The number of rotatable bonds is 5. The molecule has 2 saturated heterocycles. The second kappa shape index (κ2) is 8.05. The monoisotopic (exact) mass is 365 g/mol. The minimum Gasteiger partial charge on any atom is -0.381 e. The van der Waals surface area contributed by atoms with Crippen LogP contribution in [0.1, 0.15) is 49.7 Å². The molecular formula is C21H27N5O. The zero-order chi connectivity index (χ0) is 18.6. The molecule has 0 aromatic carbocycles. The Bertz CT molecular complexity index is 803. The van der Waals surface area contributed by atoms with Crippen LogP contribution in [0.4, 0.5) is 17.5 Å². The van der Waals surface area contributed by atoms with Crippen LogP contribution < -0.4 is 10.2 Å². The summed E-state index contributed by atoms with van der Waals surface area (Å²) in [5, 5.41) is 10.8. The number of anilines is 3. The maximum atomic E-state index is 7.44. The Hall–Kier alpha value is -2.47. The Kier molecular flexibility index (Phi) is 5.34. The van der Waals surface area contributed by atoms with E-state index in [0.717, 1.165) is 49.8 Å². The predicted molar refractivity (Wildman–Crippen MR) is 108 cm³/mol. The number of hydrogen-bond acceptors (Lipinski definition) is 6. The summed E-state index contributed by atoms with van der Waals surface area (Å²) in [7, 11) is 0. The Balaban J connectivity index is 1.67. The molecule has 0 saturated carbocycles. The number of aromatic nitrogens is 2. The van der Waals surface area contributed by atoms with Crippen molar-refractivity contribution in [1.82, 2.24) is 9.97 Å². The second-order valence-corrected chi connectivity index (χ2v) is 7.46. The molecule has 0 amide bonds. The molecule has 6 nitrogen and oxygen atoms in total. The summed E-state index contributed by atoms with van der Waals surface area (Å²) >= 11 is 0. The molecule has 2 aromatic heterocycles. The van der Waals surface area contributed by atoms with Gasteiger partial charge in [0.25, 0.3) is 0 Å². The molecule has 4 rings (SSSR count). The van der Waals surface area contributed by atoms with Crippen LogP contribution in [0.15, 0.2) is 30.5 Å². The van der Waals surface area contributed by atoms with Gasteiger partial charge in [-0.2, -0.15) is 0 Å². The van der Waals surface area contributed by atoms with E-state index in [0.29, 0.717) is 17.8 Å². The summed E-state index contributed by atoms with van der Waals surface area (Å²) < 4.78 is 5.55. The lowest BCUT2D eigenvalue weighted by molar-refractivity contribution is 0.0853. The molecule has 27 heavy (non-hydrogen) atoms. The first kappa shape index (κ1) is 17.9. The first-order chi connectivity index (χ1) is 13.2. The van der Waals surface area contributed by atoms with Gasteiger partial charge in [-0.3, -0.25) is 0 Å².